The molecule has 0 aromatic heterocycles. The SMILES string of the molecule is C/C(=C/CCN)c1cc(F)ccc1C. The second-order valence-electron chi connectivity index (χ2n) is 3.42. The van der Waals surface area contributed by atoms with Crippen LogP contribution in [0, 0.1) is 12.7 Å². The average Bonchev–Trinajstić information content (AvgIpc) is 2.18. The standard InChI is InChI=1S/C12H16FN/c1-9(4-3-7-14)12-8-11(13)6-5-10(12)2/h4-6,8H,3,7,14H2,1-2H3/b9-4-. The first-order chi connectivity index (χ1) is 6.65. The zero-order valence-corrected chi connectivity index (χ0v) is 8.68. The van der Waals surface area contributed by atoms with E-state index in [1.807, 2.05) is 19.9 Å². The maximum atomic E-state index is 13.0. The summed E-state index contributed by atoms with van der Waals surface area (Å²) >= 11 is 0. The van der Waals surface area contributed by atoms with Crippen molar-refractivity contribution in [3.05, 3.63) is 41.2 Å². The topological polar surface area (TPSA) is 26.0 Å². The van der Waals surface area contributed by atoms with Gasteiger partial charge >= 0.3 is 0 Å². The van der Waals surface area contributed by atoms with Crippen LogP contribution in [0.4, 0.5) is 4.39 Å². The lowest BCUT2D eigenvalue weighted by Gasteiger charge is -2.06. The fourth-order valence-electron chi connectivity index (χ4n) is 1.43. The van der Waals surface area contributed by atoms with E-state index in [9.17, 15) is 4.39 Å². The molecule has 0 aliphatic heterocycles. The van der Waals surface area contributed by atoms with Crippen molar-refractivity contribution in [3.8, 4) is 0 Å². The van der Waals surface area contributed by atoms with Crippen LogP contribution in [-0.2, 0) is 0 Å². The lowest BCUT2D eigenvalue weighted by Crippen LogP contribution is -1.96. The van der Waals surface area contributed by atoms with Crippen molar-refractivity contribution in [2.24, 2.45) is 5.73 Å². The minimum atomic E-state index is -0.189. The molecule has 1 aromatic carbocycles. The van der Waals surface area contributed by atoms with Crippen LogP contribution in [0.3, 0.4) is 0 Å². The maximum Gasteiger partial charge on any atom is 0.123 e. The molecular weight excluding hydrogens is 177 g/mol. The summed E-state index contributed by atoms with van der Waals surface area (Å²) in [5, 5.41) is 0. The molecule has 1 aromatic rings. The molecule has 1 nitrogen and oxygen atoms in total. The molecule has 0 unspecified atom stereocenters. The maximum absolute atomic E-state index is 13.0. The molecule has 2 N–H and O–H groups in total. The third-order valence-electron chi connectivity index (χ3n) is 2.24. The Kier molecular flexibility index (Phi) is 3.84. The summed E-state index contributed by atoms with van der Waals surface area (Å²) in [5.41, 5.74) is 8.56. The highest BCUT2D eigenvalue weighted by Crippen LogP contribution is 2.19. The Hall–Kier alpha value is -1.15. The monoisotopic (exact) mass is 193 g/mol. The van der Waals surface area contributed by atoms with Gasteiger partial charge < -0.3 is 5.73 Å². The molecule has 0 aliphatic rings. The van der Waals surface area contributed by atoms with E-state index in [0.29, 0.717) is 6.54 Å². The Morgan fingerprint density at radius 3 is 2.86 bits per heavy atom. The van der Waals surface area contributed by atoms with E-state index < -0.39 is 0 Å². The van der Waals surface area contributed by atoms with Crippen LogP contribution >= 0.6 is 0 Å². The van der Waals surface area contributed by atoms with Crippen molar-refractivity contribution in [1.29, 1.82) is 0 Å². The van der Waals surface area contributed by atoms with Crippen molar-refractivity contribution in [1.82, 2.24) is 0 Å². The van der Waals surface area contributed by atoms with Crippen molar-refractivity contribution in [3.63, 3.8) is 0 Å². The Morgan fingerprint density at radius 1 is 1.50 bits per heavy atom. The highest BCUT2D eigenvalue weighted by Gasteiger charge is 2.01. The Bertz CT molecular complexity index is 342. The van der Waals surface area contributed by atoms with E-state index in [1.54, 1.807) is 12.1 Å². The van der Waals surface area contributed by atoms with E-state index in [4.69, 9.17) is 5.73 Å². The van der Waals surface area contributed by atoms with Crippen molar-refractivity contribution >= 4 is 5.57 Å². The number of rotatable bonds is 3. The van der Waals surface area contributed by atoms with Crippen LogP contribution in [-0.4, -0.2) is 6.54 Å². The zero-order chi connectivity index (χ0) is 10.6. The van der Waals surface area contributed by atoms with E-state index in [-0.39, 0.29) is 5.82 Å². The normalized spacial score (nSPS) is 11.9. The van der Waals surface area contributed by atoms with Crippen molar-refractivity contribution < 1.29 is 4.39 Å². The molecule has 2 heteroatoms. The first kappa shape index (κ1) is 10.9. The van der Waals surface area contributed by atoms with Crippen LogP contribution in [0.1, 0.15) is 24.5 Å². The first-order valence-electron chi connectivity index (χ1n) is 4.78. The molecule has 0 spiro atoms. The number of nitrogens with two attached hydrogens (primary N) is 1. The number of allylic oxidation sites excluding steroid dienone is 1. The summed E-state index contributed by atoms with van der Waals surface area (Å²) in [6, 6.07) is 4.84. The lowest BCUT2D eigenvalue weighted by molar-refractivity contribution is 0.627. The number of aryl methyl sites for hydroxylation is 1. The van der Waals surface area contributed by atoms with E-state index in [1.165, 1.54) is 6.07 Å². The molecule has 0 radical (unpaired) electrons. The number of halogens is 1. The quantitative estimate of drug-likeness (QED) is 0.784. The lowest BCUT2D eigenvalue weighted by atomic mass is 10.0. The second-order valence-corrected chi connectivity index (χ2v) is 3.42. The molecule has 0 heterocycles. The fraction of sp³-hybridized carbons (Fsp3) is 0.333. The van der Waals surface area contributed by atoms with Crippen molar-refractivity contribution in [2.75, 3.05) is 6.54 Å². The molecule has 76 valence electrons. The third kappa shape index (κ3) is 2.67. The first-order valence-corrected chi connectivity index (χ1v) is 4.78. The van der Waals surface area contributed by atoms with Gasteiger partial charge in [0.05, 0.1) is 0 Å². The Morgan fingerprint density at radius 2 is 2.21 bits per heavy atom. The highest BCUT2D eigenvalue weighted by molar-refractivity contribution is 5.66. The molecule has 1 rings (SSSR count). The second kappa shape index (κ2) is 4.91. The van der Waals surface area contributed by atoms with E-state index in [2.05, 4.69) is 0 Å². The minimum Gasteiger partial charge on any atom is -0.330 e. The van der Waals surface area contributed by atoms with Crippen LogP contribution in [0.25, 0.3) is 5.57 Å². The zero-order valence-electron chi connectivity index (χ0n) is 8.68. The van der Waals surface area contributed by atoms with Crippen LogP contribution < -0.4 is 5.73 Å². The molecule has 0 bridgehead atoms. The minimum absolute atomic E-state index is 0.189. The molecular formula is C12H16FN. The number of hydrogen-bond donors (Lipinski definition) is 1. The van der Waals surface area contributed by atoms with E-state index in [0.717, 1.165) is 23.1 Å². The largest absolute Gasteiger partial charge is 0.330 e. The third-order valence-corrected chi connectivity index (χ3v) is 2.24. The summed E-state index contributed by atoms with van der Waals surface area (Å²) in [4.78, 5) is 0. The smallest absolute Gasteiger partial charge is 0.123 e. The van der Waals surface area contributed by atoms with Gasteiger partial charge in [0, 0.05) is 0 Å². The molecule has 0 amide bonds. The van der Waals surface area contributed by atoms with Crippen LogP contribution in [0.2, 0.25) is 0 Å². The number of benzene rings is 1. The number of hydrogen-bond acceptors (Lipinski definition) is 1. The van der Waals surface area contributed by atoms with Crippen LogP contribution in [0.5, 0.6) is 0 Å². The summed E-state index contributed by atoms with van der Waals surface area (Å²) in [7, 11) is 0. The van der Waals surface area contributed by atoms with Crippen LogP contribution in [0.15, 0.2) is 24.3 Å². The highest BCUT2D eigenvalue weighted by atomic mass is 19.1. The predicted octanol–water partition coefficient (Wildman–Crippen LogP) is 2.89. The van der Waals surface area contributed by atoms with Gasteiger partial charge in [0.15, 0.2) is 0 Å². The van der Waals surface area contributed by atoms with Gasteiger partial charge in [-0.3, -0.25) is 0 Å². The summed E-state index contributed by atoms with van der Waals surface area (Å²) in [5.74, 6) is -0.189. The Balaban J connectivity index is 2.99. The summed E-state index contributed by atoms with van der Waals surface area (Å²) < 4.78 is 13.0. The van der Waals surface area contributed by atoms with Gasteiger partial charge in [-0.05, 0) is 55.6 Å². The molecule has 0 atom stereocenters. The summed E-state index contributed by atoms with van der Waals surface area (Å²) in [6.45, 7) is 4.59. The molecule has 0 fully saturated rings. The van der Waals surface area contributed by atoms with Gasteiger partial charge in [-0.25, -0.2) is 4.39 Å². The van der Waals surface area contributed by atoms with Crippen molar-refractivity contribution in [2.45, 2.75) is 20.3 Å². The molecule has 0 saturated carbocycles. The molecule has 0 aliphatic carbocycles. The molecule has 14 heavy (non-hydrogen) atoms. The van der Waals surface area contributed by atoms with Gasteiger partial charge in [0.1, 0.15) is 5.82 Å². The summed E-state index contributed by atoms with van der Waals surface area (Å²) in [6.07, 6.45) is 2.88. The van der Waals surface area contributed by atoms with Gasteiger partial charge in [0.25, 0.3) is 0 Å². The van der Waals surface area contributed by atoms with Gasteiger partial charge in [-0.2, -0.15) is 0 Å². The predicted molar refractivity (Wildman–Crippen MR) is 58.5 cm³/mol. The van der Waals surface area contributed by atoms with Gasteiger partial charge in [-0.15, -0.1) is 0 Å². The van der Waals surface area contributed by atoms with E-state index >= 15 is 0 Å². The average molecular weight is 193 g/mol. The van der Waals surface area contributed by atoms with Gasteiger partial charge in [-0.1, -0.05) is 12.1 Å². The molecule has 0 saturated heterocycles. The Labute approximate surface area is 84.4 Å². The fourth-order valence-corrected chi connectivity index (χ4v) is 1.43. The van der Waals surface area contributed by atoms with Gasteiger partial charge in [0.2, 0.25) is 0 Å².